The van der Waals surface area contributed by atoms with Gasteiger partial charge in [-0.2, -0.15) is 0 Å². The van der Waals surface area contributed by atoms with Gasteiger partial charge < -0.3 is 14.2 Å². The van der Waals surface area contributed by atoms with E-state index in [1.807, 2.05) is 13.1 Å². The molecule has 0 unspecified atom stereocenters. The summed E-state index contributed by atoms with van der Waals surface area (Å²) in [5.74, 6) is 0.268. The molecular weight excluding hydrogens is 316 g/mol. The predicted molar refractivity (Wildman–Crippen MR) is 89.5 cm³/mol. The van der Waals surface area contributed by atoms with Crippen LogP contribution < -0.4 is 0 Å². The Morgan fingerprint density at radius 1 is 1.35 bits per heavy atom. The molecule has 0 spiro atoms. The zero-order chi connectivity index (χ0) is 16.8. The first kappa shape index (κ1) is 17.9. The van der Waals surface area contributed by atoms with Gasteiger partial charge in [-0.1, -0.05) is 25.7 Å². The maximum atomic E-state index is 12.1. The van der Waals surface area contributed by atoms with Crippen molar-refractivity contribution in [1.82, 2.24) is 9.47 Å². The lowest BCUT2D eigenvalue weighted by atomic mass is 10.0. The molecule has 0 saturated heterocycles. The number of amides is 1. The molecule has 1 fully saturated rings. The van der Waals surface area contributed by atoms with E-state index in [1.54, 1.807) is 15.5 Å². The Balaban J connectivity index is 2.03. The number of carbonyl (C=O) groups excluding carboxylic acids is 2. The quantitative estimate of drug-likeness (QED) is 0.566. The number of nitrogens with zero attached hydrogens (tertiary/aromatic N) is 2. The second-order valence-electron chi connectivity index (χ2n) is 6.15. The van der Waals surface area contributed by atoms with Gasteiger partial charge in [0, 0.05) is 19.3 Å². The third-order valence-electron chi connectivity index (χ3n) is 4.72. The standard InChI is InChI=1S/C17H25ClN2O3/c1-19-14(7-8-15(19)17(22)23-2)12-20(16(21)11-18)10-9-13-5-3-4-6-13/h7-8,13H,3-6,9-12H2,1-2H3. The Hall–Kier alpha value is -1.49. The van der Waals surface area contributed by atoms with Gasteiger partial charge in [-0.05, 0) is 24.5 Å². The number of hydrogen-bond donors (Lipinski definition) is 0. The van der Waals surface area contributed by atoms with Crippen LogP contribution in [0.25, 0.3) is 0 Å². The van der Waals surface area contributed by atoms with E-state index in [-0.39, 0.29) is 17.8 Å². The summed E-state index contributed by atoms with van der Waals surface area (Å²) < 4.78 is 6.53. The highest BCUT2D eigenvalue weighted by Crippen LogP contribution is 2.28. The second kappa shape index (κ2) is 8.39. The normalized spacial score (nSPS) is 14.9. The van der Waals surface area contributed by atoms with Gasteiger partial charge in [0.25, 0.3) is 0 Å². The van der Waals surface area contributed by atoms with Crippen LogP contribution in [0.4, 0.5) is 0 Å². The fourth-order valence-corrected chi connectivity index (χ4v) is 3.40. The minimum Gasteiger partial charge on any atom is -0.464 e. The summed E-state index contributed by atoms with van der Waals surface area (Å²) in [5.41, 5.74) is 1.38. The van der Waals surface area contributed by atoms with Crippen molar-refractivity contribution in [1.29, 1.82) is 0 Å². The Kier molecular flexibility index (Phi) is 6.51. The van der Waals surface area contributed by atoms with E-state index in [9.17, 15) is 9.59 Å². The van der Waals surface area contributed by atoms with Gasteiger partial charge in [0.2, 0.25) is 5.91 Å². The topological polar surface area (TPSA) is 51.5 Å². The molecule has 1 aliphatic rings. The summed E-state index contributed by atoms with van der Waals surface area (Å²) in [7, 11) is 3.17. The Labute approximate surface area is 142 Å². The van der Waals surface area contributed by atoms with Crippen LogP contribution in [0, 0.1) is 5.92 Å². The first-order chi connectivity index (χ1) is 11.1. The molecule has 0 radical (unpaired) electrons. The van der Waals surface area contributed by atoms with Crippen LogP contribution in [-0.4, -0.2) is 40.9 Å². The molecule has 6 heteroatoms. The summed E-state index contributed by atoms with van der Waals surface area (Å²) in [4.78, 5) is 25.6. The molecule has 2 rings (SSSR count). The third kappa shape index (κ3) is 4.50. The first-order valence-corrected chi connectivity index (χ1v) is 8.67. The second-order valence-corrected chi connectivity index (χ2v) is 6.42. The molecule has 1 aromatic heterocycles. The lowest BCUT2D eigenvalue weighted by Crippen LogP contribution is -2.34. The molecule has 1 aliphatic carbocycles. The van der Waals surface area contributed by atoms with Gasteiger partial charge in [-0.15, -0.1) is 11.6 Å². The number of ether oxygens (including phenoxy) is 1. The number of methoxy groups -OCH3 is 1. The van der Waals surface area contributed by atoms with Crippen molar-refractivity contribution in [2.75, 3.05) is 19.5 Å². The molecule has 0 aromatic carbocycles. The minimum absolute atomic E-state index is 0.0149. The molecule has 0 N–H and O–H groups in total. The maximum Gasteiger partial charge on any atom is 0.354 e. The first-order valence-electron chi connectivity index (χ1n) is 8.13. The van der Waals surface area contributed by atoms with E-state index in [0.717, 1.165) is 24.6 Å². The third-order valence-corrected chi connectivity index (χ3v) is 4.95. The smallest absolute Gasteiger partial charge is 0.354 e. The predicted octanol–water partition coefficient (Wildman–Crippen LogP) is 2.96. The highest BCUT2D eigenvalue weighted by atomic mass is 35.5. The number of rotatable bonds is 7. The minimum atomic E-state index is -0.375. The average molecular weight is 341 g/mol. The number of alkyl halides is 1. The van der Waals surface area contributed by atoms with Gasteiger partial charge in [0.15, 0.2) is 0 Å². The van der Waals surface area contributed by atoms with Crippen molar-refractivity contribution in [3.8, 4) is 0 Å². The van der Waals surface area contributed by atoms with Gasteiger partial charge in [-0.25, -0.2) is 4.79 Å². The van der Waals surface area contributed by atoms with Gasteiger partial charge in [-0.3, -0.25) is 4.79 Å². The number of hydrogen-bond acceptors (Lipinski definition) is 3. The number of aromatic nitrogens is 1. The fraction of sp³-hybridized carbons (Fsp3) is 0.647. The van der Waals surface area contributed by atoms with Crippen molar-refractivity contribution in [3.05, 3.63) is 23.5 Å². The van der Waals surface area contributed by atoms with Gasteiger partial charge >= 0.3 is 5.97 Å². The average Bonchev–Trinajstić information content (AvgIpc) is 3.20. The molecule has 0 aliphatic heterocycles. The Morgan fingerprint density at radius 2 is 2.04 bits per heavy atom. The summed E-state index contributed by atoms with van der Waals surface area (Å²) in [6, 6.07) is 3.58. The van der Waals surface area contributed by atoms with Crippen LogP contribution in [0.15, 0.2) is 12.1 Å². The number of carbonyl (C=O) groups is 2. The van der Waals surface area contributed by atoms with Gasteiger partial charge in [0.1, 0.15) is 11.6 Å². The number of esters is 1. The Morgan fingerprint density at radius 3 is 2.65 bits per heavy atom. The molecule has 1 heterocycles. The molecule has 128 valence electrons. The molecule has 0 atom stereocenters. The van der Waals surface area contributed by atoms with Crippen LogP contribution in [0.1, 0.15) is 48.3 Å². The molecule has 0 bridgehead atoms. The van der Waals surface area contributed by atoms with E-state index in [1.165, 1.54) is 32.8 Å². The maximum absolute atomic E-state index is 12.1. The van der Waals surface area contributed by atoms with E-state index < -0.39 is 0 Å². The van der Waals surface area contributed by atoms with Crippen molar-refractivity contribution in [3.63, 3.8) is 0 Å². The molecule has 1 saturated carbocycles. The largest absolute Gasteiger partial charge is 0.464 e. The van der Waals surface area contributed by atoms with Crippen molar-refractivity contribution in [2.24, 2.45) is 13.0 Å². The summed E-state index contributed by atoms with van der Waals surface area (Å²) >= 11 is 5.75. The van der Waals surface area contributed by atoms with E-state index >= 15 is 0 Å². The van der Waals surface area contributed by atoms with Crippen LogP contribution in [0.5, 0.6) is 0 Å². The van der Waals surface area contributed by atoms with Crippen LogP contribution >= 0.6 is 11.6 Å². The Bertz CT molecular complexity index is 550. The molecule has 1 aromatic rings. The van der Waals surface area contributed by atoms with Crippen molar-refractivity contribution >= 4 is 23.5 Å². The lowest BCUT2D eigenvalue weighted by molar-refractivity contribution is -0.129. The van der Waals surface area contributed by atoms with Crippen LogP contribution in [-0.2, 0) is 23.1 Å². The van der Waals surface area contributed by atoms with Crippen LogP contribution in [0.2, 0.25) is 0 Å². The summed E-state index contributed by atoms with van der Waals surface area (Å²) in [6.45, 7) is 1.18. The van der Waals surface area contributed by atoms with E-state index in [2.05, 4.69) is 0 Å². The van der Waals surface area contributed by atoms with E-state index in [0.29, 0.717) is 12.2 Å². The summed E-state index contributed by atoms with van der Waals surface area (Å²) in [5, 5.41) is 0. The zero-order valence-corrected chi connectivity index (χ0v) is 14.6. The molecule has 5 nitrogen and oxygen atoms in total. The number of halogens is 1. The van der Waals surface area contributed by atoms with E-state index in [4.69, 9.17) is 16.3 Å². The molecule has 1 amide bonds. The molecule has 23 heavy (non-hydrogen) atoms. The fourth-order valence-electron chi connectivity index (χ4n) is 3.23. The highest BCUT2D eigenvalue weighted by molar-refractivity contribution is 6.27. The highest BCUT2D eigenvalue weighted by Gasteiger charge is 2.21. The monoisotopic (exact) mass is 340 g/mol. The molecular formula is C17H25ClN2O3. The zero-order valence-electron chi connectivity index (χ0n) is 13.9. The van der Waals surface area contributed by atoms with Gasteiger partial charge in [0.05, 0.1) is 13.7 Å². The lowest BCUT2D eigenvalue weighted by Gasteiger charge is -2.24. The van der Waals surface area contributed by atoms with Crippen molar-refractivity contribution < 1.29 is 14.3 Å². The summed E-state index contributed by atoms with van der Waals surface area (Å²) in [6.07, 6.45) is 6.15. The SMILES string of the molecule is COC(=O)c1ccc(CN(CCC2CCCC2)C(=O)CCl)n1C. The van der Waals surface area contributed by atoms with Crippen LogP contribution in [0.3, 0.4) is 0 Å². The van der Waals surface area contributed by atoms with Crippen molar-refractivity contribution in [2.45, 2.75) is 38.6 Å².